The topological polar surface area (TPSA) is 82.2 Å². The van der Waals surface area contributed by atoms with Gasteiger partial charge in [0.2, 0.25) is 0 Å². The number of aryl methyl sites for hydroxylation is 1. The first-order valence-electron chi connectivity index (χ1n) is 10.8. The summed E-state index contributed by atoms with van der Waals surface area (Å²) in [5.41, 5.74) is 1.17. The van der Waals surface area contributed by atoms with Crippen LogP contribution in [0.5, 0.6) is 5.75 Å². The summed E-state index contributed by atoms with van der Waals surface area (Å²) in [7, 11) is 1.67. The van der Waals surface area contributed by atoms with E-state index in [2.05, 4.69) is 46.1 Å². The average Bonchev–Trinajstić information content (AvgIpc) is 3.17. The fraction of sp³-hybridized carbons (Fsp3) is 0.435. The van der Waals surface area contributed by atoms with Crippen molar-refractivity contribution in [3.63, 3.8) is 0 Å². The van der Waals surface area contributed by atoms with Crippen LogP contribution in [-0.2, 0) is 0 Å². The van der Waals surface area contributed by atoms with E-state index in [0.29, 0.717) is 5.16 Å². The van der Waals surface area contributed by atoms with Crippen LogP contribution in [0, 0.1) is 6.92 Å². The Morgan fingerprint density at radius 2 is 1.84 bits per heavy atom. The van der Waals surface area contributed by atoms with E-state index in [1.807, 2.05) is 43.3 Å². The number of hydrogen-bond donors (Lipinski definition) is 2. The van der Waals surface area contributed by atoms with Crippen LogP contribution in [0.4, 0.5) is 17.5 Å². The Hall–Kier alpha value is -2.78. The van der Waals surface area contributed by atoms with Gasteiger partial charge in [-0.2, -0.15) is 5.10 Å². The van der Waals surface area contributed by atoms with Crippen molar-refractivity contribution in [2.45, 2.75) is 43.3 Å². The maximum absolute atomic E-state index is 5.36. The number of nitrogens with one attached hydrogen (secondary N) is 2. The highest BCUT2D eigenvalue weighted by molar-refractivity contribution is 7.99. The molecular formula is C23H35N7OS. The van der Waals surface area contributed by atoms with Gasteiger partial charge in [-0.1, -0.05) is 6.07 Å². The molecule has 2 N–H and O–H groups in total. The smallest absolute Gasteiger partial charge is 0.196 e. The van der Waals surface area contributed by atoms with E-state index in [-0.39, 0.29) is 8.39 Å². The molecule has 1 aliphatic heterocycles. The normalized spacial score (nSPS) is 15.1. The van der Waals surface area contributed by atoms with Gasteiger partial charge in [0.25, 0.3) is 0 Å². The Bertz CT molecular complexity index is 1070. The molecule has 1 aliphatic rings. The molecule has 1 aromatic carbocycles. The number of rotatable bonds is 6. The Labute approximate surface area is 196 Å². The van der Waals surface area contributed by atoms with Crippen molar-refractivity contribution in [3.8, 4) is 5.75 Å². The zero-order valence-corrected chi connectivity index (χ0v) is 20.2. The van der Waals surface area contributed by atoms with E-state index >= 15 is 0 Å². The minimum Gasteiger partial charge on any atom is -0.497 e. The number of benzene rings is 1. The minimum absolute atomic E-state index is 0. The molecule has 9 heteroatoms. The predicted molar refractivity (Wildman–Crippen MR) is 134 cm³/mol. The molecule has 0 radical (unpaired) electrons. The number of nitrogens with zero attached hydrogens (tertiary/aromatic N) is 5. The van der Waals surface area contributed by atoms with Crippen molar-refractivity contribution in [2.24, 2.45) is 0 Å². The lowest BCUT2D eigenvalue weighted by atomic mass is 10.1. The maximum Gasteiger partial charge on any atom is 0.196 e. The lowest BCUT2D eigenvalue weighted by Crippen LogP contribution is -2.53. The highest BCUT2D eigenvalue weighted by Gasteiger charge is 2.26. The first-order valence-corrected chi connectivity index (χ1v) is 11.6. The first-order chi connectivity index (χ1) is 15.3. The summed E-state index contributed by atoms with van der Waals surface area (Å²) in [5.74, 6) is 3.20. The molecule has 1 fully saturated rings. The molecular weight excluding hydrogens is 422 g/mol. The van der Waals surface area contributed by atoms with Crippen LogP contribution < -0.4 is 15.0 Å². The van der Waals surface area contributed by atoms with Crippen molar-refractivity contribution < 1.29 is 7.59 Å². The van der Waals surface area contributed by atoms with Gasteiger partial charge in [-0.3, -0.25) is 10.00 Å². The van der Waals surface area contributed by atoms with E-state index in [1.165, 1.54) is 11.8 Å². The quantitative estimate of drug-likeness (QED) is 0.510. The molecule has 0 bridgehead atoms. The SMILES string of the molecule is COc1cccc(Sc2nc(Nc3cc(C)[nH]n3)cc(N3CCN(C(C)(C)C)CC3)n2)c1.[HH].[HH]. The number of piperazine rings is 1. The summed E-state index contributed by atoms with van der Waals surface area (Å²) in [6.45, 7) is 12.7. The summed E-state index contributed by atoms with van der Waals surface area (Å²) in [6, 6.07) is 11.9. The van der Waals surface area contributed by atoms with Crippen LogP contribution in [0.3, 0.4) is 0 Å². The summed E-state index contributed by atoms with van der Waals surface area (Å²) in [5, 5.41) is 11.2. The van der Waals surface area contributed by atoms with Gasteiger partial charge in [0, 0.05) is 57.3 Å². The third-order valence-electron chi connectivity index (χ3n) is 5.46. The molecule has 32 heavy (non-hydrogen) atoms. The standard InChI is InChI=1S/C23H31N7OS.2H2/c1-16-13-20(28-27-16)24-19-15-21(29-9-11-30(12-10-29)23(2,3)4)26-22(25-19)32-18-8-6-7-17(14-18)31-5;;/h6-8,13-15H,9-12H2,1-5H3,(H2,24,25,26,27,28);2*1H. The van der Waals surface area contributed by atoms with Gasteiger partial charge in [0.15, 0.2) is 11.0 Å². The van der Waals surface area contributed by atoms with Gasteiger partial charge in [-0.05, 0) is 57.7 Å². The van der Waals surface area contributed by atoms with Gasteiger partial charge in [0.1, 0.15) is 17.4 Å². The molecule has 174 valence electrons. The van der Waals surface area contributed by atoms with Crippen molar-refractivity contribution in [3.05, 3.63) is 42.1 Å². The zero-order chi connectivity index (χ0) is 22.7. The Kier molecular flexibility index (Phi) is 6.57. The van der Waals surface area contributed by atoms with Crippen LogP contribution >= 0.6 is 11.8 Å². The van der Waals surface area contributed by atoms with E-state index in [4.69, 9.17) is 14.7 Å². The number of hydrogen-bond acceptors (Lipinski definition) is 8. The van der Waals surface area contributed by atoms with Gasteiger partial charge in [-0.15, -0.1) is 0 Å². The van der Waals surface area contributed by atoms with Crippen molar-refractivity contribution >= 4 is 29.2 Å². The average molecular weight is 458 g/mol. The number of methoxy groups -OCH3 is 1. The number of anilines is 3. The van der Waals surface area contributed by atoms with Crippen LogP contribution in [0.2, 0.25) is 0 Å². The van der Waals surface area contributed by atoms with E-state index in [1.54, 1.807) is 7.11 Å². The van der Waals surface area contributed by atoms with Crippen LogP contribution in [0.1, 0.15) is 29.3 Å². The van der Waals surface area contributed by atoms with Gasteiger partial charge in [0.05, 0.1) is 7.11 Å². The van der Waals surface area contributed by atoms with Gasteiger partial charge < -0.3 is 15.0 Å². The van der Waals surface area contributed by atoms with Crippen LogP contribution in [0.25, 0.3) is 0 Å². The molecule has 2 aromatic heterocycles. The second kappa shape index (κ2) is 9.38. The summed E-state index contributed by atoms with van der Waals surface area (Å²) in [4.78, 5) is 15.5. The lowest BCUT2D eigenvalue weighted by Gasteiger charge is -2.42. The Balaban J connectivity index is 0.00000204. The van der Waals surface area contributed by atoms with E-state index < -0.39 is 0 Å². The zero-order valence-electron chi connectivity index (χ0n) is 19.3. The Morgan fingerprint density at radius 3 is 2.50 bits per heavy atom. The fourth-order valence-corrected chi connectivity index (χ4v) is 4.49. The molecule has 0 amide bonds. The Morgan fingerprint density at radius 1 is 1.06 bits per heavy atom. The molecule has 0 spiro atoms. The monoisotopic (exact) mass is 457 g/mol. The van der Waals surface area contributed by atoms with Crippen molar-refractivity contribution in [1.29, 1.82) is 0 Å². The molecule has 0 aliphatic carbocycles. The van der Waals surface area contributed by atoms with Crippen LogP contribution in [-0.4, -0.2) is 63.9 Å². The summed E-state index contributed by atoms with van der Waals surface area (Å²) < 4.78 is 5.36. The first kappa shape index (κ1) is 22.4. The van der Waals surface area contributed by atoms with Gasteiger partial charge >= 0.3 is 0 Å². The summed E-state index contributed by atoms with van der Waals surface area (Å²) >= 11 is 1.52. The molecule has 0 atom stereocenters. The van der Waals surface area contributed by atoms with Crippen LogP contribution in [0.15, 0.2) is 46.5 Å². The summed E-state index contributed by atoms with van der Waals surface area (Å²) in [6.07, 6.45) is 0. The molecule has 1 saturated heterocycles. The second-order valence-corrected chi connectivity index (χ2v) is 9.92. The second-order valence-electron chi connectivity index (χ2n) is 8.88. The van der Waals surface area contributed by atoms with E-state index in [0.717, 1.165) is 60.0 Å². The number of aromatic amines is 1. The van der Waals surface area contributed by atoms with Crippen molar-refractivity contribution in [1.82, 2.24) is 25.1 Å². The van der Waals surface area contributed by atoms with Gasteiger partial charge in [-0.25, -0.2) is 9.97 Å². The number of ether oxygens (including phenoxy) is 1. The predicted octanol–water partition coefficient (Wildman–Crippen LogP) is 4.82. The molecule has 4 rings (SSSR count). The largest absolute Gasteiger partial charge is 0.497 e. The molecule has 0 unspecified atom stereocenters. The minimum atomic E-state index is 0. The highest BCUT2D eigenvalue weighted by Crippen LogP contribution is 2.31. The molecule has 0 saturated carbocycles. The maximum atomic E-state index is 5.36. The molecule has 3 aromatic rings. The van der Waals surface area contributed by atoms with Crippen molar-refractivity contribution in [2.75, 3.05) is 43.5 Å². The third-order valence-corrected chi connectivity index (χ3v) is 6.31. The highest BCUT2D eigenvalue weighted by atomic mass is 32.2. The fourth-order valence-electron chi connectivity index (χ4n) is 3.67. The number of aromatic nitrogens is 4. The lowest BCUT2D eigenvalue weighted by molar-refractivity contribution is 0.128. The molecule has 3 heterocycles. The van der Waals surface area contributed by atoms with E-state index in [9.17, 15) is 0 Å². The third kappa shape index (κ3) is 5.52. The number of H-pyrrole nitrogens is 1. The molecule has 8 nitrogen and oxygen atoms in total.